The molecule has 0 saturated heterocycles. The summed E-state index contributed by atoms with van der Waals surface area (Å²) >= 11 is 5.54. The van der Waals surface area contributed by atoms with Gasteiger partial charge >= 0.3 is 12.0 Å². The number of nitroso groups, excluding NO2 is 1. The fraction of sp³-hybridized carbons (Fsp3) is 0.667. The number of aliphatic hydroxyl groups is 1. The summed E-state index contributed by atoms with van der Waals surface area (Å²) in [7, 11) is 0. The molecule has 0 aliphatic heterocycles. The minimum atomic E-state index is -0.956. The third-order valence-corrected chi connectivity index (χ3v) is 8.36. The zero-order valence-electron chi connectivity index (χ0n) is 19.1. The standard InChI is InChI=1S/C24H32ClN3O5/c1-14(26-23(31)28(27-32)12-11-25)22(30)33-16-4-6-17-15(13-16)3-5-19-18(17)9-10-24(2)20(19)7-8-21(24)29/h4,6,13-14,18-21,29H,3,5,7-12H2,1-2H3,(H,26,31)/t14-,18+,19+,20-,21-,24-/m0/s1. The molecular weight excluding hydrogens is 446 g/mol. The van der Waals surface area contributed by atoms with Crippen LogP contribution < -0.4 is 10.1 Å². The van der Waals surface area contributed by atoms with Gasteiger partial charge in [0.1, 0.15) is 11.8 Å². The second-order valence-electron chi connectivity index (χ2n) is 9.90. The summed E-state index contributed by atoms with van der Waals surface area (Å²) in [4.78, 5) is 35.2. The zero-order valence-corrected chi connectivity index (χ0v) is 19.9. The third-order valence-electron chi connectivity index (χ3n) is 8.19. The van der Waals surface area contributed by atoms with Crippen molar-refractivity contribution in [3.63, 3.8) is 0 Å². The van der Waals surface area contributed by atoms with E-state index in [-0.39, 0.29) is 23.9 Å². The van der Waals surface area contributed by atoms with E-state index in [9.17, 15) is 19.6 Å². The lowest BCUT2D eigenvalue weighted by molar-refractivity contribution is -0.136. The molecule has 6 atom stereocenters. The summed E-state index contributed by atoms with van der Waals surface area (Å²) in [6, 6.07) is 4.07. The molecule has 2 fully saturated rings. The molecule has 2 saturated carbocycles. The molecule has 9 heteroatoms. The second-order valence-corrected chi connectivity index (χ2v) is 10.3. The van der Waals surface area contributed by atoms with Gasteiger partial charge in [-0.2, -0.15) is 5.01 Å². The van der Waals surface area contributed by atoms with Crippen LogP contribution in [0.15, 0.2) is 23.5 Å². The van der Waals surface area contributed by atoms with Gasteiger partial charge in [0.25, 0.3) is 0 Å². The molecule has 4 rings (SSSR count). The van der Waals surface area contributed by atoms with Crippen molar-refractivity contribution in [2.45, 2.75) is 70.4 Å². The maximum Gasteiger partial charge on any atom is 0.341 e. The summed E-state index contributed by atoms with van der Waals surface area (Å²) in [5.41, 5.74) is 2.59. The molecular formula is C24H32ClN3O5. The maximum absolute atomic E-state index is 12.5. The minimum absolute atomic E-state index is 0.0490. The first kappa shape index (κ1) is 24.0. The Bertz CT molecular complexity index is 927. The van der Waals surface area contributed by atoms with Crippen LogP contribution >= 0.6 is 11.6 Å². The van der Waals surface area contributed by atoms with E-state index in [0.717, 1.165) is 38.5 Å². The molecule has 3 aliphatic rings. The number of aryl methyl sites for hydroxylation is 1. The number of alkyl halides is 1. The fourth-order valence-electron chi connectivity index (χ4n) is 6.38. The number of carbonyl (C=O) groups is 2. The summed E-state index contributed by atoms with van der Waals surface area (Å²) in [6.07, 6.45) is 5.97. The average Bonchev–Trinajstić information content (AvgIpc) is 3.11. The number of nitrogens with one attached hydrogen (secondary N) is 1. The predicted molar refractivity (Wildman–Crippen MR) is 124 cm³/mol. The van der Waals surface area contributed by atoms with E-state index in [1.807, 2.05) is 12.1 Å². The molecule has 0 radical (unpaired) electrons. The molecule has 3 aliphatic carbocycles. The first-order chi connectivity index (χ1) is 15.8. The number of hydrogen-bond acceptors (Lipinski definition) is 6. The number of hydrogen-bond donors (Lipinski definition) is 2. The lowest BCUT2D eigenvalue weighted by Crippen LogP contribution is -2.46. The number of aliphatic hydroxyl groups excluding tert-OH is 1. The number of ether oxygens (including phenoxy) is 1. The lowest BCUT2D eigenvalue weighted by atomic mass is 9.55. The Kier molecular flexibility index (Phi) is 6.96. The Labute approximate surface area is 198 Å². The molecule has 2 N–H and O–H groups in total. The van der Waals surface area contributed by atoms with Gasteiger partial charge < -0.3 is 15.2 Å². The SMILES string of the molecule is C[C@H](NC(=O)N(CCCl)N=O)C(=O)Oc1ccc2c(c1)CC[C@@H]1[C@@H]2CC[C@]2(C)[C@@H](O)CC[C@@H]12. The van der Waals surface area contributed by atoms with Gasteiger partial charge in [0.05, 0.1) is 17.9 Å². The Morgan fingerprint density at radius 3 is 2.85 bits per heavy atom. The van der Waals surface area contributed by atoms with Crippen molar-refractivity contribution in [2.24, 2.45) is 22.5 Å². The van der Waals surface area contributed by atoms with E-state index in [0.29, 0.717) is 28.5 Å². The normalized spacial score (nSPS) is 30.9. The van der Waals surface area contributed by atoms with Crippen molar-refractivity contribution >= 4 is 23.6 Å². The van der Waals surface area contributed by atoms with Gasteiger partial charge in [0.15, 0.2) is 0 Å². The van der Waals surface area contributed by atoms with Crippen molar-refractivity contribution in [3.05, 3.63) is 34.2 Å². The van der Waals surface area contributed by atoms with E-state index < -0.39 is 18.0 Å². The first-order valence-electron chi connectivity index (χ1n) is 11.8. The molecule has 8 nitrogen and oxygen atoms in total. The molecule has 0 unspecified atom stereocenters. The molecule has 33 heavy (non-hydrogen) atoms. The van der Waals surface area contributed by atoms with Crippen LogP contribution in [-0.2, 0) is 11.2 Å². The summed E-state index contributed by atoms with van der Waals surface area (Å²) < 4.78 is 5.51. The van der Waals surface area contributed by atoms with Crippen LogP contribution in [0.3, 0.4) is 0 Å². The predicted octanol–water partition coefficient (Wildman–Crippen LogP) is 4.13. The number of benzene rings is 1. The van der Waals surface area contributed by atoms with Crippen LogP contribution in [0.25, 0.3) is 0 Å². The van der Waals surface area contributed by atoms with E-state index in [1.54, 1.807) is 0 Å². The smallest absolute Gasteiger partial charge is 0.341 e. The van der Waals surface area contributed by atoms with Crippen molar-refractivity contribution in [1.82, 2.24) is 10.3 Å². The highest BCUT2D eigenvalue weighted by Gasteiger charge is 2.54. The van der Waals surface area contributed by atoms with Crippen molar-refractivity contribution in [2.75, 3.05) is 12.4 Å². The number of nitrogens with zero attached hydrogens (tertiary/aromatic N) is 2. The Morgan fingerprint density at radius 1 is 1.33 bits per heavy atom. The summed E-state index contributed by atoms with van der Waals surface area (Å²) in [5, 5.41) is 16.2. The molecule has 1 aromatic rings. The number of amides is 2. The summed E-state index contributed by atoms with van der Waals surface area (Å²) in [5.74, 6) is 1.53. The van der Waals surface area contributed by atoms with Gasteiger partial charge in [-0.1, -0.05) is 13.0 Å². The number of halogens is 1. The molecule has 2 amide bonds. The first-order valence-corrected chi connectivity index (χ1v) is 12.3. The topological polar surface area (TPSA) is 108 Å². The lowest BCUT2D eigenvalue weighted by Gasteiger charge is -2.50. The van der Waals surface area contributed by atoms with Crippen LogP contribution in [0.4, 0.5) is 4.79 Å². The number of fused-ring (bicyclic) bond motifs is 5. The minimum Gasteiger partial charge on any atom is -0.425 e. The van der Waals surface area contributed by atoms with E-state index in [2.05, 4.69) is 23.6 Å². The quantitative estimate of drug-likeness (QED) is 0.210. The number of carbonyl (C=O) groups excluding carboxylic acids is 2. The number of urea groups is 1. The van der Waals surface area contributed by atoms with Gasteiger partial charge in [0, 0.05) is 5.88 Å². The molecule has 180 valence electrons. The van der Waals surface area contributed by atoms with Crippen LogP contribution in [0.2, 0.25) is 0 Å². The van der Waals surface area contributed by atoms with Gasteiger partial charge in [0.2, 0.25) is 0 Å². The van der Waals surface area contributed by atoms with Crippen LogP contribution in [-0.4, -0.2) is 46.7 Å². The second kappa shape index (κ2) is 9.58. The van der Waals surface area contributed by atoms with Crippen molar-refractivity contribution < 1.29 is 19.4 Å². The molecule has 0 aromatic heterocycles. The van der Waals surface area contributed by atoms with Gasteiger partial charge in [-0.25, -0.2) is 9.59 Å². The van der Waals surface area contributed by atoms with Crippen LogP contribution in [0, 0.1) is 22.2 Å². The van der Waals surface area contributed by atoms with Crippen LogP contribution in [0.1, 0.15) is 63.0 Å². The Hall–Kier alpha value is -2.19. The Balaban J connectivity index is 1.41. The maximum atomic E-state index is 12.5. The van der Waals surface area contributed by atoms with E-state index in [4.69, 9.17) is 16.3 Å². The molecule has 0 bridgehead atoms. The van der Waals surface area contributed by atoms with Crippen LogP contribution in [0.5, 0.6) is 5.75 Å². The zero-order chi connectivity index (χ0) is 23.8. The average molecular weight is 478 g/mol. The third kappa shape index (κ3) is 4.47. The monoisotopic (exact) mass is 477 g/mol. The fourth-order valence-corrected chi connectivity index (χ4v) is 6.54. The van der Waals surface area contributed by atoms with Gasteiger partial charge in [-0.3, -0.25) is 0 Å². The molecule has 0 spiro atoms. The van der Waals surface area contributed by atoms with Crippen molar-refractivity contribution in [1.29, 1.82) is 0 Å². The molecule has 1 aromatic carbocycles. The van der Waals surface area contributed by atoms with Gasteiger partial charge in [-0.15, -0.1) is 16.5 Å². The summed E-state index contributed by atoms with van der Waals surface area (Å²) in [6.45, 7) is 3.70. The van der Waals surface area contributed by atoms with E-state index >= 15 is 0 Å². The highest BCUT2D eigenvalue weighted by Crippen LogP contribution is 2.60. The van der Waals surface area contributed by atoms with Crippen molar-refractivity contribution in [3.8, 4) is 5.75 Å². The highest BCUT2D eigenvalue weighted by molar-refractivity contribution is 6.18. The Morgan fingerprint density at radius 2 is 2.12 bits per heavy atom. The number of rotatable bonds is 6. The number of esters is 1. The van der Waals surface area contributed by atoms with Gasteiger partial charge in [-0.05, 0) is 91.9 Å². The molecule has 0 heterocycles. The largest absolute Gasteiger partial charge is 0.425 e. The highest BCUT2D eigenvalue weighted by atomic mass is 35.5. The van der Waals surface area contributed by atoms with E-state index in [1.165, 1.54) is 18.1 Å².